The van der Waals surface area contributed by atoms with E-state index in [9.17, 15) is 8.78 Å². The zero-order valence-electron chi connectivity index (χ0n) is 11.1. The fourth-order valence-corrected chi connectivity index (χ4v) is 2.24. The Morgan fingerprint density at radius 3 is 2.89 bits per heavy atom. The minimum absolute atomic E-state index is 0.231. The van der Waals surface area contributed by atoms with Gasteiger partial charge in [-0.3, -0.25) is 0 Å². The van der Waals surface area contributed by atoms with Gasteiger partial charge in [-0.1, -0.05) is 0 Å². The first-order valence-electron chi connectivity index (χ1n) is 6.69. The van der Waals surface area contributed by atoms with Crippen molar-refractivity contribution in [3.63, 3.8) is 0 Å². The van der Waals surface area contributed by atoms with E-state index in [1.807, 2.05) is 6.92 Å². The van der Waals surface area contributed by atoms with Gasteiger partial charge in [-0.15, -0.1) is 0 Å². The zero-order chi connectivity index (χ0) is 13.7. The molecule has 2 rings (SSSR count). The Kier molecular flexibility index (Phi) is 5.01. The Labute approximate surface area is 111 Å². The summed E-state index contributed by atoms with van der Waals surface area (Å²) in [4.78, 5) is 8.96. The van der Waals surface area contributed by atoms with Crippen LogP contribution in [0.5, 0.6) is 0 Å². The number of halogens is 2. The van der Waals surface area contributed by atoms with E-state index in [1.54, 1.807) is 0 Å². The van der Waals surface area contributed by atoms with Gasteiger partial charge < -0.3 is 10.1 Å². The van der Waals surface area contributed by atoms with Gasteiger partial charge in [-0.2, -0.15) is 0 Å². The first kappa shape index (κ1) is 14.1. The molecule has 0 saturated heterocycles. The molecule has 1 heterocycles. The number of hydrogen-bond acceptors (Lipinski definition) is 4. The molecule has 4 nitrogen and oxygen atoms in total. The summed E-state index contributed by atoms with van der Waals surface area (Å²) in [7, 11) is 0. The van der Waals surface area contributed by atoms with Crippen molar-refractivity contribution in [2.24, 2.45) is 0 Å². The minimum Gasteiger partial charge on any atom is -0.375 e. The Bertz CT molecular complexity index is 427. The highest BCUT2D eigenvalue weighted by molar-refractivity contribution is 5.48. The first-order valence-corrected chi connectivity index (χ1v) is 6.69. The van der Waals surface area contributed by atoms with Gasteiger partial charge in [0, 0.05) is 24.2 Å². The summed E-state index contributed by atoms with van der Waals surface area (Å²) in [6.07, 6.45) is 1.14. The van der Waals surface area contributed by atoms with Crippen molar-refractivity contribution < 1.29 is 13.5 Å². The molecule has 0 radical (unpaired) electrons. The summed E-state index contributed by atoms with van der Waals surface area (Å²) >= 11 is 0. The summed E-state index contributed by atoms with van der Waals surface area (Å²) in [6, 6.07) is 0. The van der Waals surface area contributed by atoms with Crippen LogP contribution in [-0.2, 0) is 24.0 Å². The lowest BCUT2D eigenvalue weighted by Crippen LogP contribution is -2.12. The van der Waals surface area contributed by atoms with Crippen molar-refractivity contribution in [2.45, 2.75) is 39.0 Å². The van der Waals surface area contributed by atoms with E-state index in [4.69, 9.17) is 4.74 Å². The van der Waals surface area contributed by atoms with Gasteiger partial charge in [0.15, 0.2) is 0 Å². The second-order valence-corrected chi connectivity index (χ2v) is 4.51. The van der Waals surface area contributed by atoms with E-state index < -0.39 is 13.0 Å². The molecule has 0 aromatic carbocycles. The Hall–Kier alpha value is -1.30. The molecular formula is C13H19F2N3O. The lowest BCUT2D eigenvalue weighted by atomic mass is 10.2. The maximum atomic E-state index is 11.9. The van der Waals surface area contributed by atoms with Crippen molar-refractivity contribution >= 4 is 5.82 Å². The normalized spacial score (nSPS) is 13.9. The fraction of sp³-hybridized carbons (Fsp3) is 0.692. The van der Waals surface area contributed by atoms with Crippen molar-refractivity contribution in [1.29, 1.82) is 0 Å². The molecule has 0 fully saturated rings. The second-order valence-electron chi connectivity index (χ2n) is 4.51. The van der Waals surface area contributed by atoms with E-state index >= 15 is 0 Å². The molecule has 1 aliphatic carbocycles. The van der Waals surface area contributed by atoms with Crippen LogP contribution in [0.3, 0.4) is 0 Å². The zero-order valence-corrected chi connectivity index (χ0v) is 11.1. The van der Waals surface area contributed by atoms with Gasteiger partial charge in [0.25, 0.3) is 6.43 Å². The Morgan fingerprint density at radius 2 is 2.16 bits per heavy atom. The number of nitrogens with one attached hydrogen (secondary N) is 1. The lowest BCUT2D eigenvalue weighted by molar-refractivity contribution is 0.0183. The highest BCUT2D eigenvalue weighted by atomic mass is 19.3. The van der Waals surface area contributed by atoms with E-state index in [2.05, 4.69) is 15.3 Å². The van der Waals surface area contributed by atoms with Crippen molar-refractivity contribution in [3.05, 3.63) is 17.1 Å². The molecule has 0 saturated carbocycles. The first-order chi connectivity index (χ1) is 9.20. The maximum absolute atomic E-state index is 11.9. The summed E-state index contributed by atoms with van der Waals surface area (Å²) < 4.78 is 28.7. The second kappa shape index (κ2) is 6.75. The largest absolute Gasteiger partial charge is 0.375 e. The number of hydrogen-bond donors (Lipinski definition) is 1. The van der Waals surface area contributed by atoms with Crippen LogP contribution in [0.1, 0.15) is 30.4 Å². The van der Waals surface area contributed by atoms with Crippen LogP contribution in [0, 0.1) is 0 Å². The van der Waals surface area contributed by atoms with Gasteiger partial charge in [0.05, 0.1) is 6.61 Å². The number of nitrogens with zero attached hydrogens (tertiary/aromatic N) is 2. The van der Waals surface area contributed by atoms with Crippen LogP contribution in [-0.4, -0.2) is 36.2 Å². The Balaban J connectivity index is 1.99. The molecule has 1 N–H and O–H groups in total. The van der Waals surface area contributed by atoms with Gasteiger partial charge in [0.2, 0.25) is 0 Å². The molecule has 0 amide bonds. The summed E-state index contributed by atoms with van der Waals surface area (Å²) in [5.41, 5.74) is 2.30. The van der Waals surface area contributed by atoms with Crippen LogP contribution in [0.4, 0.5) is 14.6 Å². The van der Waals surface area contributed by atoms with E-state index in [1.165, 1.54) is 5.56 Å². The lowest BCUT2D eigenvalue weighted by Gasteiger charge is -2.11. The summed E-state index contributed by atoms with van der Waals surface area (Å²) in [6.45, 7) is 2.54. The van der Waals surface area contributed by atoms with Crippen LogP contribution < -0.4 is 5.32 Å². The van der Waals surface area contributed by atoms with Crippen molar-refractivity contribution in [2.75, 3.05) is 25.1 Å². The number of ether oxygens (including phenoxy) is 1. The molecule has 0 unspecified atom stereocenters. The van der Waals surface area contributed by atoms with Gasteiger partial charge in [0.1, 0.15) is 18.2 Å². The third-order valence-corrected chi connectivity index (χ3v) is 3.04. The molecule has 1 aromatic heterocycles. The highest BCUT2D eigenvalue weighted by Crippen LogP contribution is 2.26. The van der Waals surface area contributed by atoms with E-state index in [0.717, 1.165) is 37.3 Å². The monoisotopic (exact) mass is 271 g/mol. The summed E-state index contributed by atoms with van der Waals surface area (Å²) in [5.74, 6) is 1.57. The average molecular weight is 271 g/mol. The predicted octanol–water partition coefficient (Wildman–Crippen LogP) is 2.22. The summed E-state index contributed by atoms with van der Waals surface area (Å²) in [5, 5.41) is 3.24. The average Bonchev–Trinajstić information content (AvgIpc) is 2.83. The maximum Gasteiger partial charge on any atom is 0.261 e. The SMILES string of the molecule is CCNc1nc(CCOCC(F)F)nc2c1CCC2. The predicted molar refractivity (Wildman–Crippen MR) is 68.7 cm³/mol. The number of alkyl halides is 2. The molecule has 0 spiro atoms. The highest BCUT2D eigenvalue weighted by Gasteiger charge is 2.18. The number of aryl methyl sites for hydroxylation is 1. The van der Waals surface area contributed by atoms with Crippen molar-refractivity contribution in [1.82, 2.24) is 9.97 Å². The Morgan fingerprint density at radius 1 is 1.32 bits per heavy atom. The van der Waals surface area contributed by atoms with Gasteiger partial charge in [-0.25, -0.2) is 18.7 Å². The molecular weight excluding hydrogens is 252 g/mol. The topological polar surface area (TPSA) is 47.0 Å². The molecule has 6 heteroatoms. The smallest absolute Gasteiger partial charge is 0.261 e. The van der Waals surface area contributed by atoms with Crippen LogP contribution in [0.25, 0.3) is 0 Å². The van der Waals surface area contributed by atoms with Crippen molar-refractivity contribution in [3.8, 4) is 0 Å². The number of aromatic nitrogens is 2. The molecule has 1 aliphatic rings. The molecule has 106 valence electrons. The van der Waals surface area contributed by atoms with Gasteiger partial charge in [-0.05, 0) is 26.2 Å². The third kappa shape index (κ3) is 3.83. The molecule has 0 aliphatic heterocycles. The minimum atomic E-state index is -2.42. The molecule has 1 aromatic rings. The number of rotatable bonds is 7. The fourth-order valence-electron chi connectivity index (χ4n) is 2.24. The number of fused-ring (bicyclic) bond motifs is 1. The molecule has 19 heavy (non-hydrogen) atoms. The standard InChI is InChI=1S/C13H19F2N3O/c1-2-16-13-9-4-3-5-10(9)17-12(18-13)6-7-19-8-11(14)15/h11H,2-8H2,1H3,(H,16,17,18). The van der Waals surface area contributed by atoms with E-state index in [-0.39, 0.29) is 6.61 Å². The molecule has 0 bridgehead atoms. The van der Waals surface area contributed by atoms with E-state index in [0.29, 0.717) is 12.2 Å². The van der Waals surface area contributed by atoms with Crippen LogP contribution in [0.15, 0.2) is 0 Å². The third-order valence-electron chi connectivity index (χ3n) is 3.04. The quantitative estimate of drug-likeness (QED) is 0.772. The van der Waals surface area contributed by atoms with Gasteiger partial charge >= 0.3 is 0 Å². The number of anilines is 1. The van der Waals surface area contributed by atoms with Crippen LogP contribution >= 0.6 is 0 Å². The van der Waals surface area contributed by atoms with Crippen LogP contribution in [0.2, 0.25) is 0 Å². The molecule has 0 atom stereocenters.